The second-order valence-corrected chi connectivity index (χ2v) is 7.60. The Kier molecular flexibility index (Phi) is 6.14. The number of piperazine rings is 1. The number of hydrogen-bond acceptors (Lipinski definition) is 3. The molecule has 0 bridgehead atoms. The van der Waals surface area contributed by atoms with Gasteiger partial charge in [0.05, 0.1) is 6.04 Å². The van der Waals surface area contributed by atoms with Crippen molar-refractivity contribution in [1.82, 2.24) is 20.4 Å². The van der Waals surface area contributed by atoms with Crippen molar-refractivity contribution in [2.75, 3.05) is 39.3 Å². The van der Waals surface area contributed by atoms with Crippen LogP contribution in [0.4, 0.5) is 4.79 Å². The summed E-state index contributed by atoms with van der Waals surface area (Å²) in [6.07, 6.45) is 2.39. The second-order valence-electron chi connectivity index (χ2n) is 7.60. The lowest BCUT2D eigenvalue weighted by Crippen LogP contribution is -2.54. The Morgan fingerprint density at radius 3 is 2.58 bits per heavy atom. The molecule has 6 heteroatoms. The van der Waals surface area contributed by atoms with Gasteiger partial charge in [-0.3, -0.25) is 9.69 Å². The van der Waals surface area contributed by atoms with Crippen LogP contribution < -0.4 is 10.6 Å². The molecule has 2 aliphatic rings. The second kappa shape index (κ2) is 8.54. The molecule has 3 amide bonds. The molecular weight excluding hydrogens is 328 g/mol. The van der Waals surface area contributed by atoms with Crippen molar-refractivity contribution in [1.29, 1.82) is 0 Å². The molecule has 1 aromatic rings. The largest absolute Gasteiger partial charge is 0.353 e. The van der Waals surface area contributed by atoms with Gasteiger partial charge in [-0.15, -0.1) is 0 Å². The number of carbonyl (C=O) groups excluding carboxylic acids is 2. The molecule has 0 radical (unpaired) electrons. The standard InChI is InChI=1S/C20H30N4O2/c1-15-3-5-17(6-4-15)18(23-10-7-16(2)8-11-23)13-22-20(26)24-12-9-21-19(25)14-24/h3-6,16,18H,7-14H2,1-2H3,(H,21,25)(H,22,26)/t18-/m0/s1. The summed E-state index contributed by atoms with van der Waals surface area (Å²) in [4.78, 5) is 28.1. The van der Waals surface area contributed by atoms with Crippen LogP contribution in [0.3, 0.4) is 0 Å². The topological polar surface area (TPSA) is 64.7 Å². The maximum atomic E-state index is 12.5. The highest BCUT2D eigenvalue weighted by Gasteiger charge is 2.27. The number of nitrogens with zero attached hydrogens (tertiary/aromatic N) is 2. The molecule has 2 heterocycles. The van der Waals surface area contributed by atoms with Crippen LogP contribution in [0.1, 0.15) is 36.9 Å². The van der Waals surface area contributed by atoms with E-state index in [1.165, 1.54) is 24.0 Å². The first-order valence-corrected chi connectivity index (χ1v) is 9.63. The van der Waals surface area contributed by atoms with Crippen molar-refractivity contribution >= 4 is 11.9 Å². The summed E-state index contributed by atoms with van der Waals surface area (Å²) in [5.74, 6) is 0.679. The lowest BCUT2D eigenvalue weighted by molar-refractivity contribution is -0.123. The maximum Gasteiger partial charge on any atom is 0.317 e. The average molecular weight is 358 g/mol. The first-order chi connectivity index (χ1) is 12.5. The van der Waals surface area contributed by atoms with Gasteiger partial charge >= 0.3 is 6.03 Å². The first kappa shape index (κ1) is 18.7. The van der Waals surface area contributed by atoms with Crippen LogP contribution in [0.15, 0.2) is 24.3 Å². The van der Waals surface area contributed by atoms with Crippen molar-refractivity contribution in [3.8, 4) is 0 Å². The average Bonchev–Trinajstić information content (AvgIpc) is 2.64. The van der Waals surface area contributed by atoms with Crippen molar-refractivity contribution in [2.24, 2.45) is 5.92 Å². The number of piperidine rings is 1. The highest BCUT2D eigenvalue weighted by atomic mass is 16.2. The van der Waals surface area contributed by atoms with E-state index in [-0.39, 0.29) is 24.5 Å². The van der Waals surface area contributed by atoms with E-state index in [4.69, 9.17) is 0 Å². The summed E-state index contributed by atoms with van der Waals surface area (Å²) in [6.45, 7) is 8.30. The monoisotopic (exact) mass is 358 g/mol. The lowest BCUT2D eigenvalue weighted by atomic mass is 9.95. The van der Waals surface area contributed by atoms with E-state index in [1.54, 1.807) is 4.90 Å². The quantitative estimate of drug-likeness (QED) is 0.864. The van der Waals surface area contributed by atoms with Crippen LogP contribution in [0.2, 0.25) is 0 Å². The SMILES string of the molecule is Cc1ccc([C@H](CNC(=O)N2CCNC(=O)C2)N2CCC(C)CC2)cc1. The van der Waals surface area contributed by atoms with Gasteiger partial charge in [0, 0.05) is 19.6 Å². The maximum absolute atomic E-state index is 12.5. The number of carbonyl (C=O) groups is 2. The number of benzene rings is 1. The first-order valence-electron chi connectivity index (χ1n) is 9.63. The summed E-state index contributed by atoms with van der Waals surface area (Å²) in [6, 6.07) is 8.61. The number of nitrogens with one attached hydrogen (secondary N) is 2. The Balaban J connectivity index is 1.66. The van der Waals surface area contributed by atoms with Crippen LogP contribution in [0, 0.1) is 12.8 Å². The molecule has 0 unspecified atom stereocenters. The minimum Gasteiger partial charge on any atom is -0.353 e. The molecule has 6 nitrogen and oxygen atoms in total. The predicted octanol–water partition coefficient (Wildman–Crippen LogP) is 1.91. The molecule has 2 aliphatic heterocycles. The Morgan fingerprint density at radius 1 is 1.23 bits per heavy atom. The van der Waals surface area contributed by atoms with Crippen LogP contribution in [-0.2, 0) is 4.79 Å². The predicted molar refractivity (Wildman–Crippen MR) is 102 cm³/mol. The number of amides is 3. The molecule has 2 fully saturated rings. The Labute approximate surface area is 155 Å². The molecule has 0 aliphatic carbocycles. The van der Waals surface area contributed by atoms with E-state index in [0.717, 1.165) is 19.0 Å². The van der Waals surface area contributed by atoms with Gasteiger partial charge in [0.1, 0.15) is 6.54 Å². The molecule has 2 N–H and O–H groups in total. The van der Waals surface area contributed by atoms with E-state index in [2.05, 4.69) is 53.6 Å². The van der Waals surface area contributed by atoms with E-state index >= 15 is 0 Å². The number of likely N-dealkylation sites (tertiary alicyclic amines) is 1. The minimum atomic E-state index is -0.151. The van der Waals surface area contributed by atoms with Crippen molar-refractivity contribution in [2.45, 2.75) is 32.7 Å². The zero-order valence-electron chi connectivity index (χ0n) is 15.8. The number of aryl methyl sites for hydroxylation is 1. The number of rotatable bonds is 4. The fourth-order valence-corrected chi connectivity index (χ4v) is 3.69. The minimum absolute atomic E-state index is 0.0912. The third kappa shape index (κ3) is 4.75. The van der Waals surface area contributed by atoms with Gasteiger partial charge in [-0.2, -0.15) is 0 Å². The summed E-state index contributed by atoms with van der Waals surface area (Å²) in [7, 11) is 0. The van der Waals surface area contributed by atoms with Gasteiger partial charge < -0.3 is 15.5 Å². The highest BCUT2D eigenvalue weighted by Crippen LogP contribution is 2.26. The third-order valence-corrected chi connectivity index (χ3v) is 5.49. The molecule has 0 saturated carbocycles. The van der Waals surface area contributed by atoms with Crippen LogP contribution >= 0.6 is 0 Å². The molecule has 142 valence electrons. The van der Waals surface area contributed by atoms with Gasteiger partial charge in [-0.1, -0.05) is 36.8 Å². The van der Waals surface area contributed by atoms with Gasteiger partial charge in [0.2, 0.25) is 5.91 Å². The van der Waals surface area contributed by atoms with Gasteiger partial charge in [0.15, 0.2) is 0 Å². The fourth-order valence-electron chi connectivity index (χ4n) is 3.69. The molecule has 0 aromatic heterocycles. The van der Waals surface area contributed by atoms with Crippen molar-refractivity contribution in [3.63, 3.8) is 0 Å². The van der Waals surface area contributed by atoms with Gasteiger partial charge in [-0.25, -0.2) is 4.79 Å². The molecule has 1 atom stereocenters. The normalized spacial score (nSPS) is 20.5. The van der Waals surface area contributed by atoms with Gasteiger partial charge in [-0.05, 0) is 44.3 Å². The van der Waals surface area contributed by atoms with E-state index in [1.807, 2.05) is 0 Å². The third-order valence-electron chi connectivity index (χ3n) is 5.49. The molecule has 3 rings (SSSR count). The molecule has 2 saturated heterocycles. The Bertz CT molecular complexity index is 623. The van der Waals surface area contributed by atoms with Crippen molar-refractivity contribution in [3.05, 3.63) is 35.4 Å². The fraction of sp³-hybridized carbons (Fsp3) is 0.600. The summed E-state index contributed by atoms with van der Waals surface area (Å²) in [5, 5.41) is 5.81. The smallest absolute Gasteiger partial charge is 0.317 e. The molecule has 0 spiro atoms. The zero-order valence-corrected chi connectivity index (χ0v) is 15.8. The Morgan fingerprint density at radius 2 is 1.92 bits per heavy atom. The number of hydrogen-bond donors (Lipinski definition) is 2. The Hall–Kier alpha value is -2.08. The molecule has 1 aromatic carbocycles. The van der Waals surface area contributed by atoms with E-state index in [0.29, 0.717) is 19.6 Å². The van der Waals surface area contributed by atoms with E-state index < -0.39 is 0 Å². The lowest BCUT2D eigenvalue weighted by Gasteiger charge is -2.37. The van der Waals surface area contributed by atoms with Crippen LogP contribution in [0.5, 0.6) is 0 Å². The van der Waals surface area contributed by atoms with E-state index in [9.17, 15) is 9.59 Å². The molecular formula is C20H30N4O2. The zero-order chi connectivity index (χ0) is 18.5. The highest BCUT2D eigenvalue weighted by molar-refractivity contribution is 5.85. The molecule has 26 heavy (non-hydrogen) atoms. The van der Waals surface area contributed by atoms with Crippen LogP contribution in [0.25, 0.3) is 0 Å². The van der Waals surface area contributed by atoms with Crippen molar-refractivity contribution < 1.29 is 9.59 Å². The number of urea groups is 1. The summed E-state index contributed by atoms with van der Waals surface area (Å²) in [5.41, 5.74) is 2.48. The van der Waals surface area contributed by atoms with Crippen LogP contribution in [-0.4, -0.2) is 61.0 Å². The van der Waals surface area contributed by atoms with Gasteiger partial charge in [0.25, 0.3) is 0 Å². The summed E-state index contributed by atoms with van der Waals surface area (Å²) < 4.78 is 0. The summed E-state index contributed by atoms with van der Waals surface area (Å²) >= 11 is 0.